The van der Waals surface area contributed by atoms with Crippen LogP contribution in [0.1, 0.15) is 17.4 Å². The van der Waals surface area contributed by atoms with E-state index in [1.165, 1.54) is 10.4 Å². The highest BCUT2D eigenvalue weighted by Gasteiger charge is 2.41. The van der Waals surface area contributed by atoms with Crippen molar-refractivity contribution < 1.29 is 4.74 Å². The summed E-state index contributed by atoms with van der Waals surface area (Å²) in [6, 6.07) is 15.5. The highest BCUT2D eigenvalue weighted by molar-refractivity contribution is 7.09. The van der Waals surface area contributed by atoms with Crippen LogP contribution in [0.4, 0.5) is 0 Å². The average Bonchev–Trinajstić information content (AvgIpc) is 3.38. The predicted octanol–water partition coefficient (Wildman–Crippen LogP) is 2.84. The molecule has 2 aromatic rings. The van der Waals surface area contributed by atoms with Crippen molar-refractivity contribution in [1.29, 1.82) is 0 Å². The van der Waals surface area contributed by atoms with Gasteiger partial charge < -0.3 is 15.0 Å². The highest BCUT2D eigenvalue weighted by atomic mass is 32.1. The molecule has 0 radical (unpaired) electrons. The molecule has 2 aliphatic heterocycles. The van der Waals surface area contributed by atoms with E-state index in [2.05, 4.69) is 69.9 Å². The highest BCUT2D eigenvalue weighted by Crippen LogP contribution is 2.24. The number of thiophene rings is 1. The van der Waals surface area contributed by atoms with Crippen molar-refractivity contribution in [2.45, 2.75) is 32.0 Å². The zero-order valence-corrected chi connectivity index (χ0v) is 17.4. The van der Waals surface area contributed by atoms with Crippen molar-refractivity contribution in [3.05, 3.63) is 58.3 Å². The summed E-state index contributed by atoms with van der Waals surface area (Å²) in [6.45, 7) is 8.54. The molecule has 5 nitrogen and oxygen atoms in total. The van der Waals surface area contributed by atoms with E-state index in [1.54, 1.807) is 0 Å². The molecule has 4 rings (SSSR count). The van der Waals surface area contributed by atoms with Crippen molar-refractivity contribution in [1.82, 2.24) is 15.1 Å². The number of nitrogens with one attached hydrogen (secondary N) is 1. The SMILES string of the molecule is CCNC(=NCCc1cccs1)N1CC2OCCN(Cc3ccccc3)C2C1. The molecular formula is C22H30N4OS. The number of nitrogens with zero attached hydrogens (tertiary/aromatic N) is 3. The van der Waals surface area contributed by atoms with E-state index < -0.39 is 0 Å². The summed E-state index contributed by atoms with van der Waals surface area (Å²) in [4.78, 5) is 11.3. The van der Waals surface area contributed by atoms with Gasteiger partial charge in [-0.25, -0.2) is 0 Å². The van der Waals surface area contributed by atoms with Gasteiger partial charge in [-0.05, 0) is 23.9 Å². The lowest BCUT2D eigenvalue weighted by Crippen LogP contribution is -2.50. The average molecular weight is 399 g/mol. The second-order valence-corrected chi connectivity index (χ2v) is 8.43. The zero-order valence-electron chi connectivity index (χ0n) is 16.6. The van der Waals surface area contributed by atoms with Gasteiger partial charge in [0.25, 0.3) is 0 Å². The molecule has 1 aromatic carbocycles. The first-order valence-corrected chi connectivity index (χ1v) is 11.2. The Morgan fingerprint density at radius 3 is 2.89 bits per heavy atom. The Hall–Kier alpha value is -1.89. The second-order valence-electron chi connectivity index (χ2n) is 7.40. The third kappa shape index (κ3) is 4.74. The molecule has 0 saturated carbocycles. The van der Waals surface area contributed by atoms with Crippen LogP contribution < -0.4 is 5.32 Å². The fourth-order valence-corrected chi connectivity index (χ4v) is 4.80. The number of rotatable bonds is 6. The van der Waals surface area contributed by atoms with E-state index in [1.807, 2.05) is 11.3 Å². The van der Waals surface area contributed by atoms with Crippen LogP contribution >= 0.6 is 11.3 Å². The van der Waals surface area contributed by atoms with Crippen LogP contribution in [0, 0.1) is 0 Å². The molecule has 0 aliphatic carbocycles. The third-order valence-corrected chi connectivity index (χ3v) is 6.42. The van der Waals surface area contributed by atoms with Crippen LogP contribution in [0.15, 0.2) is 52.8 Å². The van der Waals surface area contributed by atoms with Crippen LogP contribution in [0.3, 0.4) is 0 Å². The minimum Gasteiger partial charge on any atom is -0.373 e. The summed E-state index contributed by atoms with van der Waals surface area (Å²) in [7, 11) is 0. The van der Waals surface area contributed by atoms with Crippen molar-refractivity contribution >= 4 is 17.3 Å². The molecule has 2 aliphatic rings. The molecule has 150 valence electrons. The standard InChI is InChI=1S/C22H30N4OS/c1-2-23-22(24-11-10-19-9-6-14-28-19)26-16-20-21(17-26)27-13-12-25(20)15-18-7-4-3-5-8-18/h3-9,14,20-21H,2,10-13,15-17H2,1H3,(H,23,24). The minimum absolute atomic E-state index is 0.263. The second kappa shape index (κ2) is 9.54. The third-order valence-electron chi connectivity index (χ3n) is 5.48. The zero-order chi connectivity index (χ0) is 19.2. The molecule has 3 heterocycles. The Kier molecular flexibility index (Phi) is 6.62. The van der Waals surface area contributed by atoms with Gasteiger partial charge >= 0.3 is 0 Å². The number of aliphatic imine (C=N–C) groups is 1. The molecule has 0 bridgehead atoms. The normalized spacial score (nSPS) is 23.0. The van der Waals surface area contributed by atoms with Crippen LogP contribution in [-0.4, -0.2) is 67.2 Å². The monoisotopic (exact) mass is 398 g/mol. The summed E-state index contributed by atoms with van der Waals surface area (Å²) in [5, 5.41) is 5.62. The number of hydrogen-bond acceptors (Lipinski definition) is 4. The lowest BCUT2D eigenvalue weighted by molar-refractivity contribution is -0.0502. The smallest absolute Gasteiger partial charge is 0.194 e. The van der Waals surface area contributed by atoms with E-state index in [9.17, 15) is 0 Å². The van der Waals surface area contributed by atoms with Crippen LogP contribution in [0.5, 0.6) is 0 Å². The van der Waals surface area contributed by atoms with E-state index >= 15 is 0 Å². The number of fused-ring (bicyclic) bond motifs is 1. The molecule has 2 atom stereocenters. The first kappa shape index (κ1) is 19.4. The van der Waals surface area contributed by atoms with Gasteiger partial charge in [-0.15, -0.1) is 11.3 Å². The molecule has 2 saturated heterocycles. The van der Waals surface area contributed by atoms with Gasteiger partial charge in [0.05, 0.1) is 18.8 Å². The van der Waals surface area contributed by atoms with E-state index in [-0.39, 0.29) is 6.10 Å². The minimum atomic E-state index is 0.263. The van der Waals surface area contributed by atoms with Crippen LogP contribution in [0.25, 0.3) is 0 Å². The van der Waals surface area contributed by atoms with Crippen LogP contribution in [0.2, 0.25) is 0 Å². The number of ether oxygens (including phenoxy) is 1. The lowest BCUT2D eigenvalue weighted by atomic mass is 10.1. The summed E-state index contributed by atoms with van der Waals surface area (Å²) in [5.41, 5.74) is 1.37. The molecular weight excluding hydrogens is 368 g/mol. The number of likely N-dealkylation sites (tertiary alicyclic amines) is 1. The van der Waals surface area contributed by atoms with Gasteiger partial charge in [-0.3, -0.25) is 9.89 Å². The Labute approximate surface area is 172 Å². The lowest BCUT2D eigenvalue weighted by Gasteiger charge is -2.36. The van der Waals surface area contributed by atoms with Crippen molar-refractivity contribution in [2.75, 3.05) is 39.3 Å². The Morgan fingerprint density at radius 2 is 2.11 bits per heavy atom. The van der Waals surface area contributed by atoms with Gasteiger partial charge in [0.15, 0.2) is 5.96 Å². The van der Waals surface area contributed by atoms with Crippen molar-refractivity contribution in [3.63, 3.8) is 0 Å². The quantitative estimate of drug-likeness (QED) is 0.600. The number of hydrogen-bond donors (Lipinski definition) is 1. The molecule has 28 heavy (non-hydrogen) atoms. The van der Waals surface area contributed by atoms with Crippen molar-refractivity contribution in [2.24, 2.45) is 4.99 Å². The molecule has 0 spiro atoms. The van der Waals surface area contributed by atoms with Gasteiger partial charge in [0.1, 0.15) is 0 Å². The Morgan fingerprint density at radius 1 is 1.21 bits per heavy atom. The maximum atomic E-state index is 6.13. The van der Waals surface area contributed by atoms with E-state index in [0.29, 0.717) is 6.04 Å². The van der Waals surface area contributed by atoms with E-state index in [4.69, 9.17) is 9.73 Å². The first-order valence-electron chi connectivity index (χ1n) is 10.3. The molecule has 2 unspecified atom stereocenters. The molecule has 6 heteroatoms. The number of benzene rings is 1. The summed E-state index contributed by atoms with van der Waals surface area (Å²) < 4.78 is 6.13. The van der Waals surface area contributed by atoms with Gasteiger partial charge in [0.2, 0.25) is 0 Å². The van der Waals surface area contributed by atoms with E-state index in [0.717, 1.165) is 58.3 Å². The molecule has 0 amide bonds. The molecule has 1 N–H and O–H groups in total. The van der Waals surface area contributed by atoms with Gasteiger partial charge in [-0.1, -0.05) is 36.4 Å². The van der Waals surface area contributed by atoms with Crippen molar-refractivity contribution in [3.8, 4) is 0 Å². The fraction of sp³-hybridized carbons (Fsp3) is 0.500. The summed E-state index contributed by atoms with van der Waals surface area (Å²) >= 11 is 1.81. The fourth-order valence-electron chi connectivity index (χ4n) is 4.10. The van der Waals surface area contributed by atoms with Gasteiger partial charge in [-0.2, -0.15) is 0 Å². The predicted molar refractivity (Wildman–Crippen MR) is 116 cm³/mol. The maximum Gasteiger partial charge on any atom is 0.194 e. The maximum absolute atomic E-state index is 6.13. The molecule has 1 aromatic heterocycles. The number of guanidine groups is 1. The summed E-state index contributed by atoms with van der Waals surface area (Å²) in [5.74, 6) is 1.02. The summed E-state index contributed by atoms with van der Waals surface area (Å²) in [6.07, 6.45) is 1.27. The Balaban J connectivity index is 1.40. The Bertz CT molecular complexity index is 749. The first-order chi connectivity index (χ1) is 13.8. The number of morpholine rings is 1. The van der Waals surface area contributed by atoms with Crippen LogP contribution in [-0.2, 0) is 17.7 Å². The molecule has 2 fully saturated rings. The largest absolute Gasteiger partial charge is 0.373 e. The van der Waals surface area contributed by atoms with Gasteiger partial charge in [0, 0.05) is 50.6 Å². The topological polar surface area (TPSA) is 40.1 Å².